The lowest BCUT2D eigenvalue weighted by atomic mass is 10.00. The summed E-state index contributed by atoms with van der Waals surface area (Å²) in [5.74, 6) is 0.725. The summed E-state index contributed by atoms with van der Waals surface area (Å²) in [6.45, 7) is 10.6. The second-order valence-corrected chi connectivity index (χ2v) is 3.27. The average molecular weight is 141 g/mol. The highest BCUT2D eigenvalue weighted by molar-refractivity contribution is 5.03. The quantitative estimate of drug-likeness (QED) is 0.592. The second kappa shape index (κ2) is 4.51. The summed E-state index contributed by atoms with van der Waals surface area (Å²) in [5, 5.41) is 3.17. The number of likely N-dealkylation sites (N-methyl/N-ethyl adjacent to an activating group) is 1. The highest BCUT2D eigenvalue weighted by Gasteiger charge is 2.04. The first-order valence-electron chi connectivity index (χ1n) is 3.92. The smallest absolute Gasteiger partial charge is 0.0245 e. The molecule has 0 aliphatic carbocycles. The van der Waals surface area contributed by atoms with Crippen molar-refractivity contribution in [3.63, 3.8) is 0 Å². The summed E-state index contributed by atoms with van der Waals surface area (Å²) in [6.07, 6.45) is 1.13. The Hall–Kier alpha value is -0.300. The Morgan fingerprint density at radius 3 is 2.20 bits per heavy atom. The van der Waals surface area contributed by atoms with Crippen LogP contribution in [0.2, 0.25) is 0 Å². The van der Waals surface area contributed by atoms with Crippen molar-refractivity contribution in [1.82, 2.24) is 5.32 Å². The second-order valence-electron chi connectivity index (χ2n) is 3.27. The van der Waals surface area contributed by atoms with Crippen molar-refractivity contribution in [1.29, 1.82) is 0 Å². The van der Waals surface area contributed by atoms with Gasteiger partial charge in [-0.1, -0.05) is 26.0 Å². The maximum Gasteiger partial charge on any atom is 0.0245 e. The molecular weight excluding hydrogens is 122 g/mol. The topological polar surface area (TPSA) is 12.0 Å². The van der Waals surface area contributed by atoms with E-state index in [4.69, 9.17) is 0 Å². The lowest BCUT2D eigenvalue weighted by molar-refractivity contribution is 0.580. The first-order valence-corrected chi connectivity index (χ1v) is 3.92. The molecular formula is C9H19N. The van der Waals surface area contributed by atoms with Crippen LogP contribution < -0.4 is 5.32 Å². The standard InChI is InChI=1S/C9H19N/c1-7(2)6-8(3)9(4)10-5/h7,9-10H,3,6H2,1-2,4-5H3. The molecule has 0 radical (unpaired) electrons. The van der Waals surface area contributed by atoms with Crippen molar-refractivity contribution in [2.45, 2.75) is 33.2 Å². The summed E-state index contributed by atoms with van der Waals surface area (Å²) >= 11 is 0. The molecule has 0 bridgehead atoms. The number of hydrogen-bond acceptors (Lipinski definition) is 1. The molecule has 0 aliphatic heterocycles. The van der Waals surface area contributed by atoms with E-state index in [1.165, 1.54) is 5.57 Å². The lowest BCUT2D eigenvalue weighted by Gasteiger charge is -2.15. The van der Waals surface area contributed by atoms with Gasteiger partial charge >= 0.3 is 0 Å². The van der Waals surface area contributed by atoms with Gasteiger partial charge in [0.2, 0.25) is 0 Å². The molecule has 1 atom stereocenters. The highest BCUT2D eigenvalue weighted by atomic mass is 14.9. The molecule has 60 valence electrons. The van der Waals surface area contributed by atoms with Gasteiger partial charge in [-0.05, 0) is 26.3 Å². The molecule has 1 N–H and O–H groups in total. The van der Waals surface area contributed by atoms with Gasteiger partial charge in [-0.2, -0.15) is 0 Å². The molecule has 1 nitrogen and oxygen atoms in total. The van der Waals surface area contributed by atoms with E-state index in [-0.39, 0.29) is 0 Å². The Morgan fingerprint density at radius 1 is 1.40 bits per heavy atom. The minimum atomic E-state index is 0.461. The van der Waals surface area contributed by atoms with Gasteiger partial charge in [0, 0.05) is 6.04 Å². The molecule has 0 rings (SSSR count). The summed E-state index contributed by atoms with van der Waals surface area (Å²) < 4.78 is 0. The number of rotatable bonds is 4. The van der Waals surface area contributed by atoms with E-state index >= 15 is 0 Å². The van der Waals surface area contributed by atoms with E-state index in [1.807, 2.05) is 7.05 Å². The molecule has 0 saturated carbocycles. The van der Waals surface area contributed by atoms with Crippen molar-refractivity contribution in [2.75, 3.05) is 7.05 Å². The van der Waals surface area contributed by atoms with Crippen LogP contribution in [0.4, 0.5) is 0 Å². The SMILES string of the molecule is C=C(CC(C)C)C(C)NC. The third-order valence-corrected chi connectivity index (χ3v) is 1.72. The molecule has 0 aromatic heterocycles. The van der Waals surface area contributed by atoms with Gasteiger partial charge in [-0.3, -0.25) is 0 Å². The molecule has 0 aliphatic rings. The average Bonchev–Trinajstić information content (AvgIpc) is 1.85. The van der Waals surface area contributed by atoms with Crippen LogP contribution in [0.15, 0.2) is 12.2 Å². The fourth-order valence-electron chi connectivity index (χ4n) is 0.905. The summed E-state index contributed by atoms with van der Waals surface area (Å²) in [4.78, 5) is 0. The predicted molar refractivity (Wildman–Crippen MR) is 47.1 cm³/mol. The maximum absolute atomic E-state index is 4.00. The third kappa shape index (κ3) is 3.67. The van der Waals surface area contributed by atoms with Gasteiger partial charge in [-0.25, -0.2) is 0 Å². The molecule has 1 heteroatoms. The summed E-state index contributed by atoms with van der Waals surface area (Å²) in [5.41, 5.74) is 1.30. The van der Waals surface area contributed by atoms with Crippen LogP contribution >= 0.6 is 0 Å². The molecule has 0 fully saturated rings. The summed E-state index contributed by atoms with van der Waals surface area (Å²) in [7, 11) is 1.97. The largest absolute Gasteiger partial charge is 0.314 e. The predicted octanol–water partition coefficient (Wildman–Crippen LogP) is 2.20. The van der Waals surface area contributed by atoms with E-state index < -0.39 is 0 Å². The lowest BCUT2D eigenvalue weighted by Crippen LogP contribution is -2.23. The molecule has 1 unspecified atom stereocenters. The van der Waals surface area contributed by atoms with Gasteiger partial charge in [0.1, 0.15) is 0 Å². The van der Waals surface area contributed by atoms with Crippen molar-refractivity contribution in [3.8, 4) is 0 Å². The minimum absolute atomic E-state index is 0.461. The third-order valence-electron chi connectivity index (χ3n) is 1.72. The fraction of sp³-hybridized carbons (Fsp3) is 0.778. The van der Waals surface area contributed by atoms with Crippen LogP contribution in [0, 0.1) is 5.92 Å². The van der Waals surface area contributed by atoms with Crippen LogP contribution in [-0.2, 0) is 0 Å². The fourth-order valence-corrected chi connectivity index (χ4v) is 0.905. The molecule has 10 heavy (non-hydrogen) atoms. The normalized spacial score (nSPS) is 13.7. The Kier molecular flexibility index (Phi) is 4.37. The van der Waals surface area contributed by atoms with Crippen molar-refractivity contribution in [2.24, 2.45) is 5.92 Å². The first-order chi connectivity index (χ1) is 4.57. The molecule has 0 aromatic carbocycles. The Bertz CT molecular complexity index is 105. The molecule has 0 heterocycles. The first kappa shape index (κ1) is 9.70. The van der Waals surface area contributed by atoms with Crippen molar-refractivity contribution >= 4 is 0 Å². The van der Waals surface area contributed by atoms with Gasteiger partial charge in [-0.15, -0.1) is 0 Å². The van der Waals surface area contributed by atoms with E-state index in [1.54, 1.807) is 0 Å². The monoisotopic (exact) mass is 141 g/mol. The van der Waals surface area contributed by atoms with Gasteiger partial charge in [0.25, 0.3) is 0 Å². The highest BCUT2D eigenvalue weighted by Crippen LogP contribution is 2.11. The van der Waals surface area contributed by atoms with E-state index in [0.29, 0.717) is 6.04 Å². The van der Waals surface area contributed by atoms with E-state index in [9.17, 15) is 0 Å². The number of hydrogen-bond donors (Lipinski definition) is 1. The molecule has 0 saturated heterocycles. The molecule has 0 amide bonds. The molecule has 0 aromatic rings. The van der Waals surface area contributed by atoms with Gasteiger partial charge in [0.15, 0.2) is 0 Å². The summed E-state index contributed by atoms with van der Waals surface area (Å²) in [6, 6.07) is 0.461. The van der Waals surface area contributed by atoms with Gasteiger partial charge < -0.3 is 5.32 Å². The number of nitrogens with one attached hydrogen (secondary N) is 1. The Morgan fingerprint density at radius 2 is 1.90 bits per heavy atom. The zero-order chi connectivity index (χ0) is 8.15. The maximum atomic E-state index is 4.00. The van der Waals surface area contributed by atoms with E-state index in [0.717, 1.165) is 12.3 Å². The minimum Gasteiger partial charge on any atom is -0.314 e. The van der Waals surface area contributed by atoms with Crippen molar-refractivity contribution in [3.05, 3.63) is 12.2 Å². The van der Waals surface area contributed by atoms with Crippen LogP contribution in [-0.4, -0.2) is 13.1 Å². The van der Waals surface area contributed by atoms with Crippen LogP contribution in [0.3, 0.4) is 0 Å². The van der Waals surface area contributed by atoms with Crippen LogP contribution in [0.5, 0.6) is 0 Å². The zero-order valence-corrected chi connectivity index (χ0v) is 7.57. The van der Waals surface area contributed by atoms with Crippen molar-refractivity contribution < 1.29 is 0 Å². The van der Waals surface area contributed by atoms with Crippen LogP contribution in [0.25, 0.3) is 0 Å². The van der Waals surface area contributed by atoms with Gasteiger partial charge in [0.05, 0.1) is 0 Å². The zero-order valence-electron chi connectivity index (χ0n) is 7.57. The Labute approximate surface area is 64.5 Å². The Balaban J connectivity index is 3.62. The van der Waals surface area contributed by atoms with E-state index in [2.05, 4.69) is 32.7 Å². The van der Waals surface area contributed by atoms with Crippen LogP contribution in [0.1, 0.15) is 27.2 Å². The molecule has 0 spiro atoms.